The van der Waals surface area contributed by atoms with Crippen LogP contribution in [0.2, 0.25) is 0 Å². The molecular weight excluding hydrogens is 101 g/mol. The molecule has 0 rings (SSSR count). The highest BCUT2D eigenvalue weighted by Gasteiger charge is 2.07. The second kappa shape index (κ2) is 2.87. The molecule has 0 aliphatic carbocycles. The van der Waals surface area contributed by atoms with Crippen LogP contribution in [-0.4, -0.2) is 38.6 Å². The maximum atomic E-state index is 10.5. The van der Waals surface area contributed by atoms with Crippen molar-refractivity contribution in [2.24, 2.45) is 0 Å². The van der Waals surface area contributed by atoms with Crippen molar-refractivity contribution < 1.29 is 4.79 Å². The van der Waals surface area contributed by atoms with Crippen molar-refractivity contribution >= 4 is 13.5 Å². The predicted molar refractivity (Wildman–Crippen MR) is 36.7 cm³/mol. The zero-order valence-corrected chi connectivity index (χ0v) is 5.93. The lowest BCUT2D eigenvalue weighted by Crippen LogP contribution is -2.32. The first kappa shape index (κ1) is 7.69. The fourth-order valence-electron chi connectivity index (χ4n) is 0.364. The molecule has 0 aromatic heterocycles. The molecule has 0 radical (unpaired) electrons. The van der Waals surface area contributed by atoms with Gasteiger partial charge in [-0.2, -0.15) is 0 Å². The van der Waals surface area contributed by atoms with Gasteiger partial charge in [0.15, 0.2) is 7.85 Å². The Morgan fingerprint density at radius 1 is 1.62 bits per heavy atom. The second-order valence-corrected chi connectivity index (χ2v) is 2.25. The molecule has 0 saturated heterocycles. The molecule has 0 aromatic rings. The van der Waals surface area contributed by atoms with E-state index in [4.69, 9.17) is 0 Å². The minimum absolute atomic E-state index is 0.0648. The van der Waals surface area contributed by atoms with E-state index in [0.717, 1.165) is 0 Å². The summed E-state index contributed by atoms with van der Waals surface area (Å²) in [4.78, 5) is 12.4. The van der Waals surface area contributed by atoms with E-state index < -0.39 is 0 Å². The van der Waals surface area contributed by atoms with Gasteiger partial charge in [0, 0.05) is 0 Å². The Bertz CT molecular complexity index is 92.4. The van der Waals surface area contributed by atoms with Crippen LogP contribution in [0.3, 0.4) is 0 Å². The molecule has 0 fully saturated rings. The average molecular weight is 113 g/mol. The number of nitrogens with zero attached hydrogens (tertiary/aromatic N) is 1. The van der Waals surface area contributed by atoms with Crippen molar-refractivity contribution in [2.75, 3.05) is 14.1 Å². The molecule has 46 valence electrons. The third-order valence-electron chi connectivity index (χ3n) is 1.36. The molecular formula is C5H12BNO. The maximum Gasteiger partial charge on any atom is 0.189 e. The summed E-state index contributed by atoms with van der Waals surface area (Å²) in [5.74, 6) is 0. The standard InChI is InChI=1S/C5H12BNO/c1-4(5(6)8)7(2)3/h4H,6H2,1-3H3/t4-/m1/s1. The largest absolute Gasteiger partial charge is 0.310 e. The van der Waals surface area contributed by atoms with Gasteiger partial charge in [0.2, 0.25) is 0 Å². The third kappa shape index (κ3) is 2.12. The number of likely N-dealkylation sites (N-methyl/N-ethyl adjacent to an activating group) is 1. The number of rotatable bonds is 2. The van der Waals surface area contributed by atoms with Crippen LogP contribution in [0.5, 0.6) is 0 Å². The van der Waals surface area contributed by atoms with Crippen LogP contribution < -0.4 is 0 Å². The Balaban J connectivity index is 3.64. The number of hydrogen-bond acceptors (Lipinski definition) is 2. The third-order valence-corrected chi connectivity index (χ3v) is 1.36. The fourth-order valence-corrected chi connectivity index (χ4v) is 0.364. The highest BCUT2D eigenvalue weighted by Crippen LogP contribution is 1.88. The Hall–Kier alpha value is -0.305. The first-order valence-electron chi connectivity index (χ1n) is 2.72. The van der Waals surface area contributed by atoms with E-state index in [1.165, 1.54) is 0 Å². The molecule has 0 aliphatic rings. The molecule has 0 bridgehead atoms. The molecule has 8 heavy (non-hydrogen) atoms. The second-order valence-electron chi connectivity index (χ2n) is 2.25. The molecule has 0 N–H and O–H groups in total. The number of carbonyl (C=O) groups is 1. The highest BCUT2D eigenvalue weighted by atomic mass is 16.1. The fraction of sp³-hybridized carbons (Fsp3) is 0.800. The molecule has 1 atom stereocenters. The van der Waals surface area contributed by atoms with Crippen LogP contribution in [0.15, 0.2) is 0 Å². The monoisotopic (exact) mass is 113 g/mol. The van der Waals surface area contributed by atoms with Gasteiger partial charge in [-0.25, -0.2) is 0 Å². The lowest BCUT2D eigenvalue weighted by molar-refractivity contribution is -0.115. The van der Waals surface area contributed by atoms with Crippen molar-refractivity contribution in [2.45, 2.75) is 13.0 Å². The zero-order chi connectivity index (χ0) is 6.73. The lowest BCUT2D eigenvalue weighted by Gasteiger charge is -2.15. The maximum absolute atomic E-state index is 10.5. The molecule has 0 aliphatic heterocycles. The summed E-state index contributed by atoms with van der Waals surface area (Å²) in [5.41, 5.74) is 0.218. The number of carbonyl (C=O) groups excluding carboxylic acids is 1. The first-order chi connectivity index (χ1) is 3.55. The van der Waals surface area contributed by atoms with Gasteiger partial charge in [-0.15, -0.1) is 0 Å². The van der Waals surface area contributed by atoms with E-state index in [1.54, 1.807) is 7.85 Å². The van der Waals surface area contributed by atoms with Crippen LogP contribution in [0, 0.1) is 0 Å². The van der Waals surface area contributed by atoms with Crippen molar-refractivity contribution in [1.82, 2.24) is 4.90 Å². The van der Waals surface area contributed by atoms with E-state index in [9.17, 15) is 4.79 Å². The van der Waals surface area contributed by atoms with Gasteiger partial charge >= 0.3 is 0 Å². The van der Waals surface area contributed by atoms with Crippen molar-refractivity contribution in [3.05, 3.63) is 0 Å². The van der Waals surface area contributed by atoms with Crippen LogP contribution in [-0.2, 0) is 4.79 Å². The topological polar surface area (TPSA) is 20.3 Å². The van der Waals surface area contributed by atoms with Crippen molar-refractivity contribution in [1.29, 1.82) is 0 Å². The van der Waals surface area contributed by atoms with E-state index in [1.807, 2.05) is 25.9 Å². The normalized spacial score (nSPS) is 14.0. The van der Waals surface area contributed by atoms with Crippen molar-refractivity contribution in [3.8, 4) is 0 Å². The van der Waals surface area contributed by atoms with Gasteiger partial charge in [0.05, 0.1) is 11.7 Å². The van der Waals surface area contributed by atoms with E-state index >= 15 is 0 Å². The summed E-state index contributed by atoms with van der Waals surface area (Å²) in [6.45, 7) is 1.89. The molecule has 0 spiro atoms. The van der Waals surface area contributed by atoms with Crippen LogP contribution in [0.25, 0.3) is 0 Å². The molecule has 0 aromatic carbocycles. The van der Waals surface area contributed by atoms with Gasteiger partial charge in [0.1, 0.15) is 0 Å². The van der Waals surface area contributed by atoms with Gasteiger partial charge in [-0.05, 0) is 21.0 Å². The van der Waals surface area contributed by atoms with Crippen LogP contribution >= 0.6 is 0 Å². The van der Waals surface area contributed by atoms with Gasteiger partial charge < -0.3 is 9.69 Å². The summed E-state index contributed by atoms with van der Waals surface area (Å²) < 4.78 is 0. The summed E-state index contributed by atoms with van der Waals surface area (Å²) in [6.07, 6.45) is 0. The Kier molecular flexibility index (Phi) is 2.76. The Morgan fingerprint density at radius 2 is 2.00 bits per heavy atom. The van der Waals surface area contributed by atoms with E-state index in [0.29, 0.717) is 0 Å². The summed E-state index contributed by atoms with van der Waals surface area (Å²) in [6, 6.07) is 0.0648. The summed E-state index contributed by atoms with van der Waals surface area (Å²) in [7, 11) is 5.39. The van der Waals surface area contributed by atoms with E-state index in [2.05, 4.69) is 0 Å². The SMILES string of the molecule is BC(=O)[C@@H](C)N(C)C. The highest BCUT2D eigenvalue weighted by molar-refractivity contribution is 6.58. The van der Waals surface area contributed by atoms with E-state index in [-0.39, 0.29) is 11.7 Å². The summed E-state index contributed by atoms with van der Waals surface area (Å²) in [5, 5.41) is 0. The smallest absolute Gasteiger partial charge is 0.189 e. The minimum atomic E-state index is 0.0648. The molecule has 0 unspecified atom stereocenters. The van der Waals surface area contributed by atoms with Gasteiger partial charge in [-0.1, -0.05) is 0 Å². The summed E-state index contributed by atoms with van der Waals surface area (Å²) >= 11 is 0. The van der Waals surface area contributed by atoms with Crippen LogP contribution in [0.4, 0.5) is 0 Å². The molecule has 3 heteroatoms. The Morgan fingerprint density at radius 3 is 2.00 bits per heavy atom. The molecule has 0 heterocycles. The van der Waals surface area contributed by atoms with Gasteiger partial charge in [0.25, 0.3) is 0 Å². The predicted octanol–water partition coefficient (Wildman–Crippen LogP) is -0.904. The minimum Gasteiger partial charge on any atom is -0.310 e. The van der Waals surface area contributed by atoms with Gasteiger partial charge in [-0.3, -0.25) is 0 Å². The lowest BCUT2D eigenvalue weighted by atomic mass is 9.96. The quantitative estimate of drug-likeness (QED) is 0.432. The molecule has 0 amide bonds. The van der Waals surface area contributed by atoms with Crippen molar-refractivity contribution in [3.63, 3.8) is 0 Å². The average Bonchev–Trinajstić information content (AvgIpc) is 1.64. The first-order valence-corrected chi connectivity index (χ1v) is 2.72. The zero-order valence-electron chi connectivity index (χ0n) is 5.93. The Labute approximate surface area is 51.3 Å². The molecule has 2 nitrogen and oxygen atoms in total. The molecule has 0 saturated carbocycles. The number of hydrogen-bond donors (Lipinski definition) is 0. The van der Waals surface area contributed by atoms with Crippen LogP contribution in [0.1, 0.15) is 6.92 Å².